The molecule has 0 fully saturated rings. The van der Waals surface area contributed by atoms with Crippen LogP contribution in [0.15, 0.2) is 51.2 Å². The van der Waals surface area contributed by atoms with Crippen molar-refractivity contribution in [2.75, 3.05) is 0 Å². The molecule has 0 unspecified atom stereocenters. The average molecular weight is 259 g/mol. The zero-order valence-electron chi connectivity index (χ0n) is 9.69. The van der Waals surface area contributed by atoms with Crippen LogP contribution in [0.5, 0.6) is 0 Å². The fourth-order valence-corrected chi connectivity index (χ4v) is 4.23. The summed E-state index contributed by atoms with van der Waals surface area (Å²) in [6.07, 6.45) is 2.27. The Morgan fingerprint density at radius 1 is 1.29 bits per heavy atom. The van der Waals surface area contributed by atoms with Crippen molar-refractivity contribution in [3.63, 3.8) is 0 Å². The van der Waals surface area contributed by atoms with Crippen LogP contribution in [0.4, 0.5) is 0 Å². The second-order valence-corrected chi connectivity index (χ2v) is 6.55. The molecule has 2 aromatic rings. The van der Waals surface area contributed by atoms with E-state index in [1.165, 1.54) is 20.8 Å². The first-order valence-electron chi connectivity index (χ1n) is 5.65. The molecule has 3 heteroatoms. The quantitative estimate of drug-likeness (QED) is 0.751. The van der Waals surface area contributed by atoms with Gasteiger partial charge in [0.05, 0.1) is 10.2 Å². The van der Waals surface area contributed by atoms with Crippen LogP contribution >= 0.6 is 23.1 Å². The largest absolute Gasteiger partial charge is 0.229 e. The lowest BCUT2D eigenvalue weighted by atomic mass is 10.2. The number of allylic oxidation sites excluding steroid dienone is 2. The number of benzene rings is 1. The van der Waals surface area contributed by atoms with Crippen molar-refractivity contribution in [1.82, 2.24) is 4.98 Å². The normalized spacial score (nSPS) is 16.2. The van der Waals surface area contributed by atoms with Crippen molar-refractivity contribution in [1.29, 1.82) is 0 Å². The van der Waals surface area contributed by atoms with E-state index in [0.29, 0.717) is 0 Å². The Morgan fingerprint density at radius 3 is 2.82 bits per heavy atom. The highest BCUT2D eigenvalue weighted by Crippen LogP contribution is 2.43. The fraction of sp³-hybridized carbons (Fsp3) is 0.214. The lowest BCUT2D eigenvalue weighted by Crippen LogP contribution is -1.77. The number of hydrogen-bond donors (Lipinski definition) is 0. The second kappa shape index (κ2) is 4.31. The van der Waals surface area contributed by atoms with Gasteiger partial charge in [0.25, 0.3) is 0 Å². The molecule has 0 amide bonds. The van der Waals surface area contributed by atoms with Gasteiger partial charge in [0, 0.05) is 4.91 Å². The summed E-state index contributed by atoms with van der Waals surface area (Å²) < 4.78 is 2.39. The molecule has 86 valence electrons. The summed E-state index contributed by atoms with van der Waals surface area (Å²) in [7, 11) is 0. The van der Waals surface area contributed by atoms with Crippen molar-refractivity contribution in [2.24, 2.45) is 0 Å². The predicted octanol–water partition coefficient (Wildman–Crippen LogP) is 5.01. The van der Waals surface area contributed by atoms with Gasteiger partial charge in [0.15, 0.2) is 4.34 Å². The van der Waals surface area contributed by atoms with E-state index in [2.05, 4.69) is 36.7 Å². The highest BCUT2D eigenvalue weighted by atomic mass is 32.2. The van der Waals surface area contributed by atoms with Crippen LogP contribution in [0.25, 0.3) is 10.2 Å². The number of fused-ring (bicyclic) bond motifs is 1. The molecular formula is C14H13NS2. The average Bonchev–Trinajstić information content (AvgIpc) is 2.87. The summed E-state index contributed by atoms with van der Waals surface area (Å²) in [6, 6.07) is 8.30. The first-order chi connectivity index (χ1) is 8.24. The molecule has 0 bridgehead atoms. The van der Waals surface area contributed by atoms with Crippen LogP contribution in [0.1, 0.15) is 19.8 Å². The van der Waals surface area contributed by atoms with Gasteiger partial charge in [0.2, 0.25) is 0 Å². The minimum Gasteiger partial charge on any atom is -0.229 e. The smallest absolute Gasteiger partial charge is 0.155 e. The lowest BCUT2D eigenvalue weighted by molar-refractivity contribution is 1.01. The topological polar surface area (TPSA) is 12.9 Å². The van der Waals surface area contributed by atoms with E-state index in [1.807, 2.05) is 6.07 Å². The third kappa shape index (κ3) is 2.05. The van der Waals surface area contributed by atoms with E-state index in [-0.39, 0.29) is 0 Å². The maximum absolute atomic E-state index is 4.65. The van der Waals surface area contributed by atoms with Gasteiger partial charge in [0.1, 0.15) is 0 Å². The van der Waals surface area contributed by atoms with Crippen molar-refractivity contribution >= 4 is 33.3 Å². The Morgan fingerprint density at radius 2 is 2.12 bits per heavy atom. The molecule has 0 aliphatic heterocycles. The Balaban J connectivity index is 1.95. The van der Waals surface area contributed by atoms with Gasteiger partial charge in [-0.3, -0.25) is 0 Å². The SMILES string of the molecule is C=C1CCC(C)=C1Sc1nc2ccccc2s1. The van der Waals surface area contributed by atoms with Crippen LogP contribution in [-0.4, -0.2) is 4.98 Å². The zero-order chi connectivity index (χ0) is 11.8. The van der Waals surface area contributed by atoms with E-state index < -0.39 is 0 Å². The van der Waals surface area contributed by atoms with Crippen LogP contribution < -0.4 is 0 Å². The molecule has 1 nitrogen and oxygen atoms in total. The molecule has 1 aliphatic carbocycles. The highest BCUT2D eigenvalue weighted by molar-refractivity contribution is 8.05. The van der Waals surface area contributed by atoms with Crippen molar-refractivity contribution in [3.05, 3.63) is 46.9 Å². The van der Waals surface area contributed by atoms with E-state index in [9.17, 15) is 0 Å². The Hall–Kier alpha value is -1.06. The van der Waals surface area contributed by atoms with Crippen molar-refractivity contribution in [3.8, 4) is 0 Å². The predicted molar refractivity (Wildman–Crippen MR) is 76.6 cm³/mol. The zero-order valence-corrected chi connectivity index (χ0v) is 11.3. The maximum atomic E-state index is 4.65. The monoisotopic (exact) mass is 259 g/mol. The van der Waals surface area contributed by atoms with Gasteiger partial charge in [-0.2, -0.15) is 0 Å². The summed E-state index contributed by atoms with van der Waals surface area (Å²) in [5.41, 5.74) is 3.83. The summed E-state index contributed by atoms with van der Waals surface area (Å²) >= 11 is 3.55. The van der Waals surface area contributed by atoms with Gasteiger partial charge < -0.3 is 0 Å². The van der Waals surface area contributed by atoms with Gasteiger partial charge in [-0.1, -0.05) is 36.0 Å². The summed E-state index contributed by atoms with van der Waals surface area (Å²) in [5.74, 6) is 0. The molecule has 1 heterocycles. The van der Waals surface area contributed by atoms with Gasteiger partial charge in [-0.15, -0.1) is 11.3 Å². The summed E-state index contributed by atoms with van der Waals surface area (Å²) in [6.45, 7) is 6.34. The Labute approximate surface area is 109 Å². The number of aromatic nitrogens is 1. The molecule has 0 N–H and O–H groups in total. The molecule has 1 aromatic carbocycles. The Kier molecular flexibility index (Phi) is 2.81. The third-order valence-corrected chi connectivity index (χ3v) is 5.41. The standard InChI is InChI=1S/C14H13NS2/c1-9-7-8-10(2)13(9)17-14-15-11-5-3-4-6-12(11)16-14/h3-6H,1,7-8H2,2H3. The first-order valence-corrected chi connectivity index (χ1v) is 7.28. The van der Waals surface area contributed by atoms with E-state index in [1.54, 1.807) is 23.1 Å². The van der Waals surface area contributed by atoms with Crippen LogP contribution in [-0.2, 0) is 0 Å². The molecule has 3 rings (SSSR count). The fourth-order valence-electron chi connectivity index (χ4n) is 2.01. The number of thioether (sulfide) groups is 1. The minimum atomic E-state index is 1.10. The van der Waals surface area contributed by atoms with Gasteiger partial charge >= 0.3 is 0 Å². The summed E-state index contributed by atoms with van der Waals surface area (Å²) in [5, 5.41) is 0. The highest BCUT2D eigenvalue weighted by Gasteiger charge is 2.17. The van der Waals surface area contributed by atoms with Crippen molar-refractivity contribution in [2.45, 2.75) is 24.1 Å². The number of thiazole rings is 1. The van der Waals surface area contributed by atoms with Crippen LogP contribution in [0.3, 0.4) is 0 Å². The molecule has 0 spiro atoms. The van der Waals surface area contributed by atoms with E-state index in [4.69, 9.17) is 0 Å². The molecule has 1 aliphatic rings. The number of para-hydroxylation sites is 1. The summed E-state index contributed by atoms with van der Waals surface area (Å²) in [4.78, 5) is 6.00. The Bertz CT molecular complexity index is 589. The number of hydrogen-bond acceptors (Lipinski definition) is 3. The lowest BCUT2D eigenvalue weighted by Gasteiger charge is -2.01. The number of nitrogens with zero attached hydrogens (tertiary/aromatic N) is 1. The second-order valence-electron chi connectivity index (χ2n) is 4.26. The van der Waals surface area contributed by atoms with E-state index in [0.717, 1.165) is 22.7 Å². The molecule has 17 heavy (non-hydrogen) atoms. The molecule has 0 saturated heterocycles. The van der Waals surface area contributed by atoms with Crippen LogP contribution in [0.2, 0.25) is 0 Å². The van der Waals surface area contributed by atoms with Crippen molar-refractivity contribution < 1.29 is 0 Å². The minimum absolute atomic E-state index is 1.10. The van der Waals surface area contributed by atoms with E-state index >= 15 is 0 Å². The first kappa shape index (κ1) is 11.1. The molecular weight excluding hydrogens is 246 g/mol. The molecule has 0 radical (unpaired) electrons. The third-order valence-electron chi connectivity index (χ3n) is 2.97. The maximum Gasteiger partial charge on any atom is 0.155 e. The number of rotatable bonds is 2. The molecule has 1 aromatic heterocycles. The molecule has 0 atom stereocenters. The van der Waals surface area contributed by atoms with Gasteiger partial charge in [-0.25, -0.2) is 4.98 Å². The van der Waals surface area contributed by atoms with Crippen LogP contribution in [0, 0.1) is 0 Å². The van der Waals surface area contributed by atoms with Gasteiger partial charge in [-0.05, 0) is 37.5 Å². The molecule has 0 saturated carbocycles.